The molecule has 0 saturated carbocycles. The van der Waals surface area contributed by atoms with E-state index in [9.17, 15) is 13.2 Å². The number of likely N-dealkylation sites (N-methyl/N-ethyl adjacent to an activating group) is 1. The average Bonchev–Trinajstić information content (AvgIpc) is 2.70. The van der Waals surface area contributed by atoms with Crippen molar-refractivity contribution in [1.29, 1.82) is 0 Å². The summed E-state index contributed by atoms with van der Waals surface area (Å²) in [4.78, 5) is 17.3. The molecule has 1 saturated heterocycles. The maximum atomic E-state index is 13.3. The summed E-state index contributed by atoms with van der Waals surface area (Å²) in [5.41, 5.74) is 2.86. The second-order valence-corrected chi connectivity index (χ2v) is 9.81. The number of benzene rings is 2. The summed E-state index contributed by atoms with van der Waals surface area (Å²) in [6.45, 7) is 4.40. The number of halogens is 1. The fraction of sp³-hybridized carbons (Fsp3) is 0.381. The van der Waals surface area contributed by atoms with Crippen LogP contribution in [-0.2, 0) is 14.8 Å². The summed E-state index contributed by atoms with van der Waals surface area (Å²) in [5.74, 6) is -0.202. The molecule has 0 spiro atoms. The molecule has 29 heavy (non-hydrogen) atoms. The monoisotopic (exact) mass is 435 g/mol. The molecule has 1 heterocycles. The van der Waals surface area contributed by atoms with Crippen molar-refractivity contribution >= 4 is 33.2 Å². The van der Waals surface area contributed by atoms with E-state index in [1.54, 1.807) is 17.0 Å². The van der Waals surface area contributed by atoms with Crippen LogP contribution in [0.1, 0.15) is 17.2 Å². The molecule has 1 atom stereocenters. The number of hydrogen-bond acceptors (Lipinski definition) is 4. The molecule has 8 heteroatoms. The first-order chi connectivity index (χ1) is 13.7. The van der Waals surface area contributed by atoms with E-state index in [2.05, 4.69) is 4.90 Å². The van der Waals surface area contributed by atoms with Crippen molar-refractivity contribution in [3.05, 3.63) is 64.7 Å². The van der Waals surface area contributed by atoms with Crippen LogP contribution in [0.15, 0.2) is 48.5 Å². The fourth-order valence-corrected chi connectivity index (χ4v) is 4.36. The Morgan fingerprint density at radius 3 is 2.28 bits per heavy atom. The molecule has 3 rings (SSSR count). The lowest BCUT2D eigenvalue weighted by molar-refractivity contribution is -0.135. The number of carbonyl (C=O) groups is 1. The zero-order valence-electron chi connectivity index (χ0n) is 16.9. The standard InChI is InChI=1S/C21H26ClN3O3S/c1-16-9-10-18(22)15-19(16)24-11-13-25(14-12-24)21(26)20(23(2)29(3,27)28)17-7-5-4-6-8-17/h4-10,15,20H,11-14H2,1-3H3/t20-/m1/s1. The van der Waals surface area contributed by atoms with Crippen LogP contribution in [0, 0.1) is 6.92 Å². The van der Waals surface area contributed by atoms with Gasteiger partial charge in [0.05, 0.1) is 6.26 Å². The van der Waals surface area contributed by atoms with Crippen LogP contribution in [0.3, 0.4) is 0 Å². The number of carbonyl (C=O) groups excluding carboxylic acids is 1. The summed E-state index contributed by atoms with van der Waals surface area (Å²) in [6, 6.07) is 14.0. The molecule has 1 amide bonds. The minimum absolute atomic E-state index is 0.202. The molecule has 0 bridgehead atoms. The van der Waals surface area contributed by atoms with Crippen molar-refractivity contribution in [3.63, 3.8) is 0 Å². The lowest BCUT2D eigenvalue weighted by atomic mass is 10.1. The Labute approximate surface area is 177 Å². The number of piperazine rings is 1. The number of amides is 1. The number of anilines is 1. The smallest absolute Gasteiger partial charge is 0.245 e. The second kappa shape index (κ2) is 8.73. The number of sulfonamides is 1. The van der Waals surface area contributed by atoms with Crippen molar-refractivity contribution < 1.29 is 13.2 Å². The summed E-state index contributed by atoms with van der Waals surface area (Å²) in [6.07, 6.45) is 1.12. The van der Waals surface area contributed by atoms with Gasteiger partial charge in [-0.1, -0.05) is 48.0 Å². The predicted molar refractivity (Wildman–Crippen MR) is 117 cm³/mol. The SMILES string of the molecule is Cc1ccc(Cl)cc1N1CCN(C(=O)[C@@H](c2ccccc2)N(C)S(C)(=O)=O)CC1. The molecule has 0 aliphatic carbocycles. The molecular formula is C21H26ClN3O3S. The molecule has 1 aliphatic heterocycles. The molecule has 0 radical (unpaired) electrons. The van der Waals surface area contributed by atoms with Gasteiger partial charge in [0.15, 0.2) is 0 Å². The molecule has 0 N–H and O–H groups in total. The Morgan fingerprint density at radius 2 is 1.69 bits per heavy atom. The molecule has 0 aromatic heterocycles. The maximum Gasteiger partial charge on any atom is 0.245 e. The van der Waals surface area contributed by atoms with Gasteiger partial charge in [-0.2, -0.15) is 4.31 Å². The fourth-order valence-electron chi connectivity index (χ4n) is 3.60. The number of aryl methyl sites for hydroxylation is 1. The highest BCUT2D eigenvalue weighted by molar-refractivity contribution is 7.88. The van der Waals surface area contributed by atoms with E-state index in [1.807, 2.05) is 43.3 Å². The normalized spacial score (nSPS) is 16.2. The van der Waals surface area contributed by atoms with E-state index in [1.165, 1.54) is 7.05 Å². The summed E-state index contributed by atoms with van der Waals surface area (Å²) >= 11 is 6.15. The van der Waals surface area contributed by atoms with E-state index in [-0.39, 0.29) is 5.91 Å². The molecule has 2 aromatic carbocycles. The summed E-state index contributed by atoms with van der Waals surface area (Å²) < 4.78 is 25.5. The molecule has 1 aliphatic rings. The van der Waals surface area contributed by atoms with Crippen molar-refractivity contribution in [1.82, 2.24) is 9.21 Å². The molecule has 156 valence electrons. The highest BCUT2D eigenvalue weighted by Crippen LogP contribution is 2.28. The van der Waals surface area contributed by atoms with Gasteiger partial charge in [0, 0.05) is 43.9 Å². The van der Waals surface area contributed by atoms with Gasteiger partial charge in [0.1, 0.15) is 6.04 Å². The molecule has 2 aromatic rings. The average molecular weight is 436 g/mol. The number of hydrogen-bond donors (Lipinski definition) is 0. The maximum absolute atomic E-state index is 13.3. The first kappa shape index (κ1) is 21.6. The Morgan fingerprint density at radius 1 is 1.07 bits per heavy atom. The minimum atomic E-state index is -3.54. The van der Waals surface area contributed by atoms with Crippen LogP contribution in [0.2, 0.25) is 5.02 Å². The minimum Gasteiger partial charge on any atom is -0.368 e. The van der Waals surface area contributed by atoms with E-state index in [0.717, 1.165) is 21.8 Å². The first-order valence-electron chi connectivity index (χ1n) is 9.46. The summed E-state index contributed by atoms with van der Waals surface area (Å²) in [5, 5.41) is 0.683. The predicted octanol–water partition coefficient (Wildman–Crippen LogP) is 2.93. The van der Waals surface area contributed by atoms with E-state index in [0.29, 0.717) is 36.8 Å². The van der Waals surface area contributed by atoms with Crippen molar-refractivity contribution in [2.75, 3.05) is 44.4 Å². The van der Waals surface area contributed by atoms with Gasteiger partial charge in [-0.25, -0.2) is 8.42 Å². The van der Waals surface area contributed by atoms with E-state index in [4.69, 9.17) is 11.6 Å². The third-order valence-corrected chi connectivity index (χ3v) is 6.83. The molecular weight excluding hydrogens is 410 g/mol. The topological polar surface area (TPSA) is 60.9 Å². The van der Waals surface area contributed by atoms with Gasteiger partial charge in [-0.3, -0.25) is 4.79 Å². The first-order valence-corrected chi connectivity index (χ1v) is 11.7. The highest BCUT2D eigenvalue weighted by atomic mass is 35.5. The van der Waals surface area contributed by atoms with Crippen LogP contribution < -0.4 is 4.90 Å². The second-order valence-electron chi connectivity index (χ2n) is 7.34. The van der Waals surface area contributed by atoms with Crippen molar-refractivity contribution in [3.8, 4) is 0 Å². The van der Waals surface area contributed by atoms with E-state index >= 15 is 0 Å². The Hall–Kier alpha value is -2.09. The van der Waals surface area contributed by atoms with Crippen LogP contribution in [0.5, 0.6) is 0 Å². The molecule has 1 fully saturated rings. The number of nitrogens with zero attached hydrogens (tertiary/aromatic N) is 3. The number of rotatable bonds is 5. The van der Waals surface area contributed by atoms with Crippen LogP contribution >= 0.6 is 11.6 Å². The van der Waals surface area contributed by atoms with Gasteiger partial charge in [0.2, 0.25) is 15.9 Å². The lowest BCUT2D eigenvalue weighted by Gasteiger charge is -2.39. The third kappa shape index (κ3) is 4.91. The van der Waals surface area contributed by atoms with E-state index < -0.39 is 16.1 Å². The zero-order chi connectivity index (χ0) is 21.2. The largest absolute Gasteiger partial charge is 0.368 e. The van der Waals surface area contributed by atoms with Crippen LogP contribution in [0.25, 0.3) is 0 Å². The van der Waals surface area contributed by atoms with Crippen molar-refractivity contribution in [2.24, 2.45) is 0 Å². The van der Waals surface area contributed by atoms with Crippen molar-refractivity contribution in [2.45, 2.75) is 13.0 Å². The van der Waals surface area contributed by atoms with Gasteiger partial charge >= 0.3 is 0 Å². The molecule has 0 unspecified atom stereocenters. The van der Waals surface area contributed by atoms with Crippen LogP contribution in [-0.4, -0.2) is 63.0 Å². The Bertz CT molecular complexity index is 974. The van der Waals surface area contributed by atoms with Crippen LogP contribution in [0.4, 0.5) is 5.69 Å². The van der Waals surface area contributed by atoms with Gasteiger partial charge in [-0.05, 0) is 30.2 Å². The zero-order valence-corrected chi connectivity index (χ0v) is 18.4. The van der Waals surface area contributed by atoms with Gasteiger partial charge in [-0.15, -0.1) is 0 Å². The Kier molecular flexibility index (Phi) is 6.51. The quantitative estimate of drug-likeness (QED) is 0.724. The molecule has 6 nitrogen and oxygen atoms in total. The lowest BCUT2D eigenvalue weighted by Crippen LogP contribution is -2.52. The summed E-state index contributed by atoms with van der Waals surface area (Å²) in [7, 11) is -2.08. The Balaban J connectivity index is 1.79. The van der Waals surface area contributed by atoms with Gasteiger partial charge < -0.3 is 9.80 Å². The third-order valence-electron chi connectivity index (χ3n) is 5.34. The van der Waals surface area contributed by atoms with Gasteiger partial charge in [0.25, 0.3) is 0 Å². The highest BCUT2D eigenvalue weighted by Gasteiger charge is 2.35.